The van der Waals surface area contributed by atoms with Gasteiger partial charge < -0.3 is 9.64 Å². The number of amides is 1. The first-order valence-electron chi connectivity index (χ1n) is 7.61. The molecule has 1 aliphatic rings. The first-order valence-corrected chi connectivity index (χ1v) is 8.49. The van der Waals surface area contributed by atoms with Gasteiger partial charge in [0.15, 0.2) is 6.61 Å². The Morgan fingerprint density at radius 3 is 2.52 bits per heavy atom. The van der Waals surface area contributed by atoms with E-state index in [0.29, 0.717) is 5.75 Å². The molecule has 1 fully saturated rings. The van der Waals surface area contributed by atoms with Crippen molar-refractivity contribution in [1.29, 1.82) is 0 Å². The van der Waals surface area contributed by atoms with Crippen LogP contribution in [-0.4, -0.2) is 48.5 Å². The SMILES string of the molecule is O=C(COc1ccc(F)cc1)N1CCN(Cc2cccs2)CC1. The van der Waals surface area contributed by atoms with Gasteiger partial charge in [0.1, 0.15) is 11.6 Å². The number of carbonyl (C=O) groups excluding carboxylic acids is 1. The van der Waals surface area contributed by atoms with Crippen LogP contribution in [0.5, 0.6) is 5.75 Å². The lowest BCUT2D eigenvalue weighted by Crippen LogP contribution is -2.49. The minimum Gasteiger partial charge on any atom is -0.484 e. The molecule has 2 heterocycles. The number of nitrogens with zero attached hydrogens (tertiary/aromatic N) is 2. The summed E-state index contributed by atoms with van der Waals surface area (Å²) in [7, 11) is 0. The predicted molar refractivity (Wildman–Crippen MR) is 88.1 cm³/mol. The van der Waals surface area contributed by atoms with E-state index in [1.165, 1.54) is 29.1 Å². The number of piperazine rings is 1. The molecule has 0 bridgehead atoms. The smallest absolute Gasteiger partial charge is 0.260 e. The molecule has 1 aliphatic heterocycles. The highest BCUT2D eigenvalue weighted by Gasteiger charge is 2.21. The van der Waals surface area contributed by atoms with Crippen molar-refractivity contribution in [1.82, 2.24) is 9.80 Å². The minimum absolute atomic E-state index is 0.00342. The second-order valence-corrected chi connectivity index (χ2v) is 6.51. The number of ether oxygens (including phenoxy) is 1. The van der Waals surface area contributed by atoms with Crippen LogP contribution in [-0.2, 0) is 11.3 Å². The van der Waals surface area contributed by atoms with Gasteiger partial charge in [0, 0.05) is 37.6 Å². The van der Waals surface area contributed by atoms with Crippen LogP contribution in [0.1, 0.15) is 4.88 Å². The summed E-state index contributed by atoms with van der Waals surface area (Å²) < 4.78 is 18.2. The van der Waals surface area contributed by atoms with Crippen LogP contribution in [0.3, 0.4) is 0 Å². The number of hydrogen-bond donors (Lipinski definition) is 0. The molecule has 4 nitrogen and oxygen atoms in total. The molecular weight excluding hydrogens is 315 g/mol. The molecule has 0 N–H and O–H groups in total. The van der Waals surface area contributed by atoms with E-state index in [9.17, 15) is 9.18 Å². The molecular formula is C17H19FN2O2S. The van der Waals surface area contributed by atoms with Gasteiger partial charge in [-0.1, -0.05) is 6.07 Å². The Morgan fingerprint density at radius 1 is 1.13 bits per heavy atom. The lowest BCUT2D eigenvalue weighted by molar-refractivity contribution is -0.135. The van der Waals surface area contributed by atoms with E-state index in [1.54, 1.807) is 11.3 Å². The Labute approximate surface area is 139 Å². The third-order valence-corrected chi connectivity index (χ3v) is 4.72. The molecule has 0 aliphatic carbocycles. The average Bonchev–Trinajstić information content (AvgIpc) is 3.08. The van der Waals surface area contributed by atoms with Gasteiger partial charge >= 0.3 is 0 Å². The summed E-state index contributed by atoms with van der Waals surface area (Å²) in [5.74, 6) is 0.173. The summed E-state index contributed by atoms with van der Waals surface area (Å²) in [5, 5.41) is 2.09. The van der Waals surface area contributed by atoms with Crippen molar-refractivity contribution in [2.24, 2.45) is 0 Å². The highest BCUT2D eigenvalue weighted by molar-refractivity contribution is 7.09. The fourth-order valence-electron chi connectivity index (χ4n) is 2.55. The molecule has 3 rings (SSSR count). The zero-order valence-electron chi connectivity index (χ0n) is 12.8. The molecule has 122 valence electrons. The Hall–Kier alpha value is -1.92. The highest BCUT2D eigenvalue weighted by Crippen LogP contribution is 2.14. The van der Waals surface area contributed by atoms with Crippen LogP contribution in [0.15, 0.2) is 41.8 Å². The third kappa shape index (κ3) is 4.53. The lowest BCUT2D eigenvalue weighted by Gasteiger charge is -2.34. The maximum absolute atomic E-state index is 12.8. The zero-order valence-corrected chi connectivity index (χ0v) is 13.6. The van der Waals surface area contributed by atoms with Gasteiger partial charge in [0.2, 0.25) is 0 Å². The van der Waals surface area contributed by atoms with E-state index >= 15 is 0 Å². The van der Waals surface area contributed by atoms with Gasteiger partial charge in [-0.3, -0.25) is 9.69 Å². The Kier molecular flexibility index (Phi) is 5.25. The number of benzene rings is 1. The molecule has 6 heteroatoms. The Bertz CT molecular complexity index is 623. The number of carbonyl (C=O) groups is 1. The second-order valence-electron chi connectivity index (χ2n) is 5.48. The van der Waals surface area contributed by atoms with Crippen molar-refractivity contribution in [3.8, 4) is 5.75 Å². The van der Waals surface area contributed by atoms with Crippen LogP contribution in [0, 0.1) is 5.82 Å². The predicted octanol–water partition coefficient (Wildman–Crippen LogP) is 2.61. The summed E-state index contributed by atoms with van der Waals surface area (Å²) in [6, 6.07) is 9.90. The molecule has 2 aromatic rings. The standard InChI is InChI=1S/C17H19FN2O2S/c18-14-3-5-15(6-4-14)22-13-17(21)20-9-7-19(8-10-20)12-16-2-1-11-23-16/h1-6,11H,7-10,12-13H2. The third-order valence-electron chi connectivity index (χ3n) is 3.86. The number of hydrogen-bond acceptors (Lipinski definition) is 4. The van der Waals surface area contributed by atoms with Crippen molar-refractivity contribution >= 4 is 17.2 Å². The van der Waals surface area contributed by atoms with Gasteiger partial charge in [0.25, 0.3) is 5.91 Å². The van der Waals surface area contributed by atoms with Crippen LogP contribution in [0.25, 0.3) is 0 Å². The quantitative estimate of drug-likeness (QED) is 0.843. The number of halogens is 1. The first kappa shape index (κ1) is 16.0. The van der Waals surface area contributed by atoms with E-state index in [2.05, 4.69) is 22.4 Å². The van der Waals surface area contributed by atoms with Crippen LogP contribution in [0.2, 0.25) is 0 Å². The molecule has 1 amide bonds. The lowest BCUT2D eigenvalue weighted by atomic mass is 10.3. The molecule has 0 atom stereocenters. The van der Waals surface area contributed by atoms with Crippen LogP contribution >= 0.6 is 11.3 Å². The van der Waals surface area contributed by atoms with Crippen molar-refractivity contribution in [3.05, 3.63) is 52.5 Å². The molecule has 0 saturated carbocycles. The maximum Gasteiger partial charge on any atom is 0.260 e. The monoisotopic (exact) mass is 334 g/mol. The van der Waals surface area contributed by atoms with E-state index in [4.69, 9.17) is 4.74 Å². The fraction of sp³-hybridized carbons (Fsp3) is 0.353. The van der Waals surface area contributed by atoms with Gasteiger partial charge in [-0.15, -0.1) is 11.3 Å². The first-order chi connectivity index (χ1) is 11.2. The molecule has 0 unspecified atom stereocenters. The largest absolute Gasteiger partial charge is 0.484 e. The van der Waals surface area contributed by atoms with Crippen molar-refractivity contribution in [3.63, 3.8) is 0 Å². The van der Waals surface area contributed by atoms with E-state index in [1.807, 2.05) is 4.90 Å². The summed E-state index contributed by atoms with van der Waals surface area (Å²) in [6.45, 7) is 4.14. The van der Waals surface area contributed by atoms with Crippen molar-refractivity contribution in [2.75, 3.05) is 32.8 Å². The van der Waals surface area contributed by atoms with Gasteiger partial charge in [-0.05, 0) is 35.7 Å². The average molecular weight is 334 g/mol. The van der Waals surface area contributed by atoms with Crippen molar-refractivity contribution in [2.45, 2.75) is 6.54 Å². The minimum atomic E-state index is -0.314. The second kappa shape index (κ2) is 7.57. The summed E-state index contributed by atoms with van der Waals surface area (Å²) in [6.07, 6.45) is 0. The van der Waals surface area contributed by atoms with E-state index in [0.717, 1.165) is 32.7 Å². The Balaban J connectivity index is 1.42. The summed E-state index contributed by atoms with van der Waals surface area (Å²) >= 11 is 1.76. The highest BCUT2D eigenvalue weighted by atomic mass is 32.1. The van der Waals surface area contributed by atoms with Gasteiger partial charge in [-0.2, -0.15) is 0 Å². The van der Waals surface area contributed by atoms with Gasteiger partial charge in [0.05, 0.1) is 0 Å². The van der Waals surface area contributed by atoms with Crippen molar-refractivity contribution < 1.29 is 13.9 Å². The molecule has 1 aromatic heterocycles. The maximum atomic E-state index is 12.8. The topological polar surface area (TPSA) is 32.8 Å². The number of rotatable bonds is 5. The fourth-order valence-corrected chi connectivity index (χ4v) is 3.29. The summed E-state index contributed by atoms with van der Waals surface area (Å²) in [4.78, 5) is 17.7. The summed E-state index contributed by atoms with van der Waals surface area (Å²) in [5.41, 5.74) is 0. The molecule has 0 radical (unpaired) electrons. The Morgan fingerprint density at radius 2 is 1.87 bits per heavy atom. The molecule has 23 heavy (non-hydrogen) atoms. The van der Waals surface area contributed by atoms with E-state index < -0.39 is 0 Å². The van der Waals surface area contributed by atoms with Gasteiger partial charge in [-0.25, -0.2) is 4.39 Å². The molecule has 1 aromatic carbocycles. The number of thiophene rings is 1. The van der Waals surface area contributed by atoms with Crippen LogP contribution < -0.4 is 4.74 Å². The molecule has 1 saturated heterocycles. The normalized spacial score (nSPS) is 15.6. The van der Waals surface area contributed by atoms with E-state index in [-0.39, 0.29) is 18.3 Å². The molecule has 0 spiro atoms. The van der Waals surface area contributed by atoms with Crippen LogP contribution in [0.4, 0.5) is 4.39 Å². The zero-order chi connectivity index (χ0) is 16.1.